The molecular formula is C16H26N2. The number of rotatable bonds is 8. The number of unbranched alkanes of at least 4 members (excludes halogenated alkanes) is 1. The molecule has 0 spiro atoms. The maximum Gasteiger partial charge on any atom is 0.0333 e. The van der Waals surface area contributed by atoms with Crippen LogP contribution in [0.25, 0.3) is 0 Å². The van der Waals surface area contributed by atoms with Gasteiger partial charge in [-0.1, -0.05) is 43.3 Å². The second-order valence-electron chi connectivity index (χ2n) is 5.11. The van der Waals surface area contributed by atoms with E-state index in [-0.39, 0.29) is 6.04 Å². The summed E-state index contributed by atoms with van der Waals surface area (Å²) in [4.78, 5) is 2.36. The van der Waals surface area contributed by atoms with Crippen LogP contribution in [0.15, 0.2) is 43.0 Å². The van der Waals surface area contributed by atoms with Gasteiger partial charge < -0.3 is 10.6 Å². The van der Waals surface area contributed by atoms with Gasteiger partial charge in [-0.3, -0.25) is 0 Å². The molecule has 100 valence electrons. The van der Waals surface area contributed by atoms with Crippen molar-refractivity contribution in [1.29, 1.82) is 0 Å². The molecule has 0 radical (unpaired) electrons. The van der Waals surface area contributed by atoms with E-state index in [1.807, 2.05) is 12.1 Å². The Balaban J connectivity index is 2.40. The highest BCUT2D eigenvalue weighted by Crippen LogP contribution is 2.19. The summed E-state index contributed by atoms with van der Waals surface area (Å²) in [5.74, 6) is 0.459. The summed E-state index contributed by atoms with van der Waals surface area (Å²) < 4.78 is 0. The van der Waals surface area contributed by atoms with Crippen molar-refractivity contribution in [1.82, 2.24) is 4.90 Å². The topological polar surface area (TPSA) is 29.3 Å². The minimum Gasteiger partial charge on any atom is -0.324 e. The zero-order valence-electron chi connectivity index (χ0n) is 11.7. The number of hydrogen-bond acceptors (Lipinski definition) is 2. The summed E-state index contributed by atoms with van der Waals surface area (Å²) in [7, 11) is 2.16. The number of allylic oxidation sites excluding steroid dienone is 1. The molecule has 0 aliphatic carbocycles. The van der Waals surface area contributed by atoms with E-state index in [0.717, 1.165) is 19.5 Å². The molecule has 0 fully saturated rings. The van der Waals surface area contributed by atoms with E-state index in [9.17, 15) is 0 Å². The highest BCUT2D eigenvalue weighted by molar-refractivity contribution is 5.19. The summed E-state index contributed by atoms with van der Waals surface area (Å²) in [6, 6.07) is 10.5. The van der Waals surface area contributed by atoms with Gasteiger partial charge in [0.2, 0.25) is 0 Å². The molecule has 0 saturated heterocycles. The number of nitrogens with two attached hydrogens (primary N) is 1. The Kier molecular flexibility index (Phi) is 6.69. The summed E-state index contributed by atoms with van der Waals surface area (Å²) in [6.45, 7) is 8.12. The van der Waals surface area contributed by atoms with Crippen LogP contribution in [-0.4, -0.2) is 25.0 Å². The van der Waals surface area contributed by atoms with Gasteiger partial charge in [0, 0.05) is 12.6 Å². The van der Waals surface area contributed by atoms with Crippen LogP contribution < -0.4 is 5.73 Å². The van der Waals surface area contributed by atoms with Gasteiger partial charge in [-0.05, 0) is 37.9 Å². The van der Waals surface area contributed by atoms with Crippen LogP contribution in [0, 0.1) is 5.92 Å². The van der Waals surface area contributed by atoms with Crippen molar-refractivity contribution in [3.63, 3.8) is 0 Å². The molecule has 0 aliphatic heterocycles. The van der Waals surface area contributed by atoms with Crippen LogP contribution in [-0.2, 0) is 0 Å². The fourth-order valence-corrected chi connectivity index (χ4v) is 2.21. The van der Waals surface area contributed by atoms with Crippen molar-refractivity contribution in [3.05, 3.63) is 48.6 Å². The van der Waals surface area contributed by atoms with E-state index in [4.69, 9.17) is 5.73 Å². The third kappa shape index (κ3) is 5.03. The lowest BCUT2D eigenvalue weighted by Gasteiger charge is -2.26. The first-order valence-corrected chi connectivity index (χ1v) is 6.75. The molecule has 2 N–H and O–H groups in total. The lowest BCUT2D eigenvalue weighted by atomic mass is 9.95. The summed E-state index contributed by atoms with van der Waals surface area (Å²) in [6.07, 6.45) is 4.24. The lowest BCUT2D eigenvalue weighted by Crippen LogP contribution is -2.31. The molecule has 2 atom stereocenters. The van der Waals surface area contributed by atoms with Crippen LogP contribution in [0.4, 0.5) is 0 Å². The van der Waals surface area contributed by atoms with Crippen LogP contribution in [0.1, 0.15) is 31.4 Å². The average molecular weight is 246 g/mol. The Morgan fingerprint density at radius 1 is 1.33 bits per heavy atom. The molecule has 2 heteroatoms. The Morgan fingerprint density at radius 2 is 2.00 bits per heavy atom. The molecule has 1 aromatic carbocycles. The quantitative estimate of drug-likeness (QED) is 0.563. The smallest absolute Gasteiger partial charge is 0.0333 e. The first-order valence-electron chi connectivity index (χ1n) is 6.75. The van der Waals surface area contributed by atoms with Crippen molar-refractivity contribution < 1.29 is 0 Å². The Labute approximate surface area is 111 Å². The molecule has 18 heavy (non-hydrogen) atoms. The van der Waals surface area contributed by atoms with Crippen LogP contribution in [0.3, 0.4) is 0 Å². The van der Waals surface area contributed by atoms with Crippen molar-refractivity contribution in [2.75, 3.05) is 20.1 Å². The van der Waals surface area contributed by atoms with Gasteiger partial charge in [-0.25, -0.2) is 0 Å². The van der Waals surface area contributed by atoms with Crippen molar-refractivity contribution >= 4 is 0 Å². The van der Waals surface area contributed by atoms with Gasteiger partial charge in [0.1, 0.15) is 0 Å². The van der Waals surface area contributed by atoms with Crippen molar-refractivity contribution in [2.45, 2.75) is 25.8 Å². The fraction of sp³-hybridized carbons (Fsp3) is 0.500. The van der Waals surface area contributed by atoms with Gasteiger partial charge >= 0.3 is 0 Å². The maximum absolute atomic E-state index is 6.30. The first kappa shape index (κ1) is 14.9. The monoisotopic (exact) mass is 246 g/mol. The molecule has 0 aromatic heterocycles. The number of hydrogen-bond donors (Lipinski definition) is 1. The summed E-state index contributed by atoms with van der Waals surface area (Å²) in [5.41, 5.74) is 7.53. The lowest BCUT2D eigenvalue weighted by molar-refractivity contribution is 0.262. The van der Waals surface area contributed by atoms with E-state index in [1.165, 1.54) is 12.0 Å². The minimum atomic E-state index is 0.119. The van der Waals surface area contributed by atoms with Crippen LogP contribution in [0.2, 0.25) is 0 Å². The molecule has 0 bridgehead atoms. The standard InChI is InChI=1S/C16H26N2/c1-4-5-9-12-18(3)13-14(2)16(17)15-10-7-6-8-11-15/h4,6-8,10-11,14,16H,1,5,9,12-13,17H2,2-3H3. The summed E-state index contributed by atoms with van der Waals surface area (Å²) in [5, 5.41) is 0. The van der Waals surface area contributed by atoms with Crippen molar-refractivity contribution in [2.24, 2.45) is 11.7 Å². The predicted octanol–water partition coefficient (Wildman–Crippen LogP) is 3.22. The maximum atomic E-state index is 6.30. The minimum absolute atomic E-state index is 0.119. The molecule has 0 amide bonds. The third-order valence-corrected chi connectivity index (χ3v) is 3.35. The Morgan fingerprint density at radius 3 is 2.61 bits per heavy atom. The molecule has 0 aliphatic rings. The predicted molar refractivity (Wildman–Crippen MR) is 79.5 cm³/mol. The summed E-state index contributed by atoms with van der Waals surface area (Å²) >= 11 is 0. The Bertz CT molecular complexity index is 334. The van der Waals surface area contributed by atoms with Gasteiger partial charge in [0.15, 0.2) is 0 Å². The zero-order chi connectivity index (χ0) is 13.4. The molecule has 1 rings (SSSR count). The van der Waals surface area contributed by atoms with Crippen LogP contribution >= 0.6 is 0 Å². The normalized spacial score (nSPS) is 14.4. The first-order chi connectivity index (χ1) is 8.65. The number of benzene rings is 1. The molecular weight excluding hydrogens is 220 g/mol. The second kappa shape index (κ2) is 8.06. The highest BCUT2D eigenvalue weighted by atomic mass is 15.1. The number of nitrogens with zero attached hydrogens (tertiary/aromatic N) is 1. The van der Waals surface area contributed by atoms with Gasteiger partial charge in [0.05, 0.1) is 0 Å². The van der Waals surface area contributed by atoms with E-state index in [2.05, 4.69) is 49.7 Å². The zero-order valence-corrected chi connectivity index (χ0v) is 11.7. The van der Waals surface area contributed by atoms with E-state index < -0.39 is 0 Å². The molecule has 0 heterocycles. The molecule has 0 saturated carbocycles. The average Bonchev–Trinajstić information content (AvgIpc) is 2.39. The highest BCUT2D eigenvalue weighted by Gasteiger charge is 2.16. The van der Waals surface area contributed by atoms with E-state index in [0.29, 0.717) is 5.92 Å². The van der Waals surface area contributed by atoms with Gasteiger partial charge in [0.25, 0.3) is 0 Å². The molecule has 1 aromatic rings. The van der Waals surface area contributed by atoms with Crippen LogP contribution in [0.5, 0.6) is 0 Å². The van der Waals surface area contributed by atoms with Gasteiger partial charge in [-0.15, -0.1) is 6.58 Å². The largest absolute Gasteiger partial charge is 0.324 e. The fourth-order valence-electron chi connectivity index (χ4n) is 2.21. The second-order valence-corrected chi connectivity index (χ2v) is 5.11. The van der Waals surface area contributed by atoms with Crippen molar-refractivity contribution in [3.8, 4) is 0 Å². The van der Waals surface area contributed by atoms with Gasteiger partial charge in [-0.2, -0.15) is 0 Å². The SMILES string of the molecule is C=CCCCN(C)CC(C)C(N)c1ccccc1. The van der Waals surface area contributed by atoms with E-state index >= 15 is 0 Å². The van der Waals surface area contributed by atoms with E-state index in [1.54, 1.807) is 0 Å². The Hall–Kier alpha value is -1.12. The molecule has 2 unspecified atom stereocenters. The molecule has 2 nitrogen and oxygen atoms in total. The third-order valence-electron chi connectivity index (χ3n) is 3.35.